The number of hydrogen-bond donors (Lipinski definition) is 2. The number of nitrogens with one attached hydrogen (secondary N) is 2. The lowest BCUT2D eigenvalue weighted by atomic mass is 9.96. The second-order valence-corrected chi connectivity index (χ2v) is 7.53. The third-order valence-corrected chi connectivity index (χ3v) is 5.36. The van der Waals surface area contributed by atoms with Crippen molar-refractivity contribution >= 4 is 11.8 Å². The van der Waals surface area contributed by atoms with Gasteiger partial charge >= 0.3 is 0 Å². The van der Waals surface area contributed by atoms with Crippen molar-refractivity contribution in [1.29, 1.82) is 0 Å². The van der Waals surface area contributed by atoms with Crippen LogP contribution in [0, 0.1) is 5.92 Å². The number of carbonyl (C=O) groups is 2. The van der Waals surface area contributed by atoms with E-state index in [0.29, 0.717) is 36.1 Å². The van der Waals surface area contributed by atoms with Gasteiger partial charge in [-0.15, -0.1) is 0 Å². The van der Waals surface area contributed by atoms with E-state index >= 15 is 0 Å². The van der Waals surface area contributed by atoms with Gasteiger partial charge in [-0.25, -0.2) is 0 Å². The molecular formula is C20H29N3O2. The summed E-state index contributed by atoms with van der Waals surface area (Å²) in [5.74, 6) is 0.363. The minimum absolute atomic E-state index is 0.0279. The zero-order valence-electron chi connectivity index (χ0n) is 15.2. The van der Waals surface area contributed by atoms with Gasteiger partial charge < -0.3 is 15.5 Å². The maximum Gasteiger partial charge on any atom is 0.251 e. The largest absolute Gasteiger partial charge is 0.351 e. The van der Waals surface area contributed by atoms with Crippen molar-refractivity contribution in [3.05, 3.63) is 35.9 Å². The van der Waals surface area contributed by atoms with Gasteiger partial charge in [-0.1, -0.05) is 32.0 Å². The Morgan fingerprint density at radius 3 is 2.32 bits per heavy atom. The molecule has 0 aromatic heterocycles. The summed E-state index contributed by atoms with van der Waals surface area (Å²) in [5, 5.41) is 6.52. The molecule has 0 radical (unpaired) electrons. The fourth-order valence-corrected chi connectivity index (χ4v) is 4.15. The summed E-state index contributed by atoms with van der Waals surface area (Å²) in [7, 11) is 0. The van der Waals surface area contributed by atoms with Gasteiger partial charge in [-0.3, -0.25) is 9.59 Å². The van der Waals surface area contributed by atoms with E-state index in [1.165, 1.54) is 0 Å². The van der Waals surface area contributed by atoms with Crippen LogP contribution in [0.3, 0.4) is 0 Å². The van der Waals surface area contributed by atoms with E-state index in [-0.39, 0.29) is 11.8 Å². The highest BCUT2D eigenvalue weighted by Crippen LogP contribution is 2.36. The van der Waals surface area contributed by atoms with Gasteiger partial charge in [0.15, 0.2) is 0 Å². The topological polar surface area (TPSA) is 61.4 Å². The Labute approximate surface area is 150 Å². The second kappa shape index (κ2) is 8.00. The van der Waals surface area contributed by atoms with Crippen LogP contribution < -0.4 is 10.6 Å². The summed E-state index contributed by atoms with van der Waals surface area (Å²) in [4.78, 5) is 26.6. The molecule has 2 heterocycles. The fourth-order valence-electron chi connectivity index (χ4n) is 4.15. The monoisotopic (exact) mass is 343 g/mol. The highest BCUT2D eigenvalue weighted by Gasteiger charge is 2.43. The van der Waals surface area contributed by atoms with Crippen LogP contribution in [0.5, 0.6) is 0 Å². The molecule has 3 atom stereocenters. The van der Waals surface area contributed by atoms with E-state index in [0.717, 1.165) is 32.2 Å². The zero-order chi connectivity index (χ0) is 17.8. The van der Waals surface area contributed by atoms with Crippen LogP contribution in [-0.2, 0) is 4.79 Å². The van der Waals surface area contributed by atoms with Gasteiger partial charge in [0.25, 0.3) is 5.91 Å². The van der Waals surface area contributed by atoms with Crippen molar-refractivity contribution in [1.82, 2.24) is 15.5 Å². The number of hydrogen-bond acceptors (Lipinski definition) is 3. The van der Waals surface area contributed by atoms with Crippen LogP contribution >= 0.6 is 0 Å². The molecule has 2 bridgehead atoms. The number of nitrogens with zero attached hydrogens (tertiary/aromatic N) is 1. The lowest BCUT2D eigenvalue weighted by molar-refractivity contribution is -0.139. The van der Waals surface area contributed by atoms with Crippen molar-refractivity contribution in [2.75, 3.05) is 13.1 Å². The van der Waals surface area contributed by atoms with Crippen LogP contribution in [0.15, 0.2) is 30.3 Å². The highest BCUT2D eigenvalue weighted by atomic mass is 16.2. The molecule has 25 heavy (non-hydrogen) atoms. The summed E-state index contributed by atoms with van der Waals surface area (Å²) in [5.41, 5.74) is 0.695. The Morgan fingerprint density at radius 2 is 1.72 bits per heavy atom. The molecule has 2 aliphatic heterocycles. The Morgan fingerprint density at radius 1 is 1.08 bits per heavy atom. The number of rotatable bonds is 6. The molecule has 1 aromatic rings. The standard InChI is InChI=1S/C20H29N3O2/c1-14(2)20(25)23-17-8-9-18(23)13-16(12-17)21-10-11-22-19(24)15-6-4-3-5-7-15/h3-7,14,16-18,21H,8-13H2,1-2H3,(H,22,24)/t16?,17-,18+. The Kier molecular flexibility index (Phi) is 5.74. The van der Waals surface area contributed by atoms with Crippen LogP contribution in [0.25, 0.3) is 0 Å². The first-order valence-corrected chi connectivity index (χ1v) is 9.45. The predicted octanol–water partition coefficient (Wildman–Crippen LogP) is 2.18. The summed E-state index contributed by atoms with van der Waals surface area (Å²) in [6.07, 6.45) is 4.32. The average molecular weight is 343 g/mol. The molecule has 136 valence electrons. The SMILES string of the molecule is CC(C)C(=O)N1[C@@H]2CC[C@H]1CC(NCCNC(=O)c1ccccc1)C2. The van der Waals surface area contributed by atoms with Gasteiger partial charge in [0.1, 0.15) is 0 Å². The van der Waals surface area contributed by atoms with Crippen molar-refractivity contribution < 1.29 is 9.59 Å². The van der Waals surface area contributed by atoms with E-state index in [1.54, 1.807) is 0 Å². The first-order valence-electron chi connectivity index (χ1n) is 9.45. The van der Waals surface area contributed by atoms with Crippen LogP contribution in [0.2, 0.25) is 0 Å². The Hall–Kier alpha value is -1.88. The van der Waals surface area contributed by atoms with Crippen molar-refractivity contribution in [2.45, 2.75) is 57.7 Å². The second-order valence-electron chi connectivity index (χ2n) is 7.53. The van der Waals surface area contributed by atoms with Crippen LogP contribution in [-0.4, -0.2) is 47.9 Å². The molecule has 2 aliphatic rings. The van der Waals surface area contributed by atoms with E-state index in [2.05, 4.69) is 15.5 Å². The first kappa shape index (κ1) is 17.9. The number of amides is 2. The third-order valence-electron chi connectivity index (χ3n) is 5.36. The quantitative estimate of drug-likeness (QED) is 0.779. The molecule has 0 aliphatic carbocycles. The number of benzene rings is 1. The summed E-state index contributed by atoms with van der Waals surface area (Å²) in [6.45, 7) is 5.36. The van der Waals surface area contributed by atoms with Crippen molar-refractivity contribution in [2.24, 2.45) is 5.92 Å². The predicted molar refractivity (Wildman–Crippen MR) is 98.3 cm³/mol. The molecule has 3 rings (SSSR count). The summed E-state index contributed by atoms with van der Waals surface area (Å²) >= 11 is 0. The van der Waals surface area contributed by atoms with Gasteiger partial charge in [-0.05, 0) is 37.8 Å². The molecule has 2 N–H and O–H groups in total. The molecule has 5 nitrogen and oxygen atoms in total. The molecule has 2 fully saturated rings. The maximum atomic E-state index is 12.4. The van der Waals surface area contributed by atoms with Gasteiger partial charge in [0.05, 0.1) is 0 Å². The number of piperidine rings is 1. The number of fused-ring (bicyclic) bond motifs is 2. The maximum absolute atomic E-state index is 12.4. The molecule has 2 amide bonds. The smallest absolute Gasteiger partial charge is 0.251 e. The van der Waals surface area contributed by atoms with E-state index in [1.807, 2.05) is 44.2 Å². The van der Waals surface area contributed by atoms with Crippen molar-refractivity contribution in [3.63, 3.8) is 0 Å². The minimum Gasteiger partial charge on any atom is -0.351 e. The van der Waals surface area contributed by atoms with Crippen LogP contribution in [0.1, 0.15) is 49.9 Å². The Bertz CT molecular complexity index is 588. The van der Waals surface area contributed by atoms with Gasteiger partial charge in [-0.2, -0.15) is 0 Å². The molecular weight excluding hydrogens is 314 g/mol. The molecule has 5 heteroatoms. The first-order chi connectivity index (χ1) is 12.1. The van der Waals surface area contributed by atoms with Gasteiger partial charge in [0.2, 0.25) is 5.91 Å². The van der Waals surface area contributed by atoms with E-state index < -0.39 is 0 Å². The average Bonchev–Trinajstić information content (AvgIpc) is 2.88. The third kappa shape index (κ3) is 4.21. The van der Waals surface area contributed by atoms with Crippen molar-refractivity contribution in [3.8, 4) is 0 Å². The molecule has 1 unspecified atom stereocenters. The fraction of sp³-hybridized carbons (Fsp3) is 0.600. The molecule has 0 spiro atoms. The summed E-state index contributed by atoms with van der Waals surface area (Å²) in [6, 6.07) is 10.5. The zero-order valence-corrected chi connectivity index (χ0v) is 15.2. The molecule has 2 saturated heterocycles. The lowest BCUT2D eigenvalue weighted by Crippen LogP contribution is -2.53. The summed E-state index contributed by atoms with van der Waals surface area (Å²) < 4.78 is 0. The van der Waals surface area contributed by atoms with Gasteiger partial charge in [0, 0.05) is 42.7 Å². The lowest BCUT2D eigenvalue weighted by Gasteiger charge is -2.40. The van der Waals surface area contributed by atoms with Crippen LogP contribution in [0.4, 0.5) is 0 Å². The normalized spacial score (nSPS) is 25.2. The molecule has 1 aromatic carbocycles. The Balaban J connectivity index is 1.41. The number of carbonyl (C=O) groups excluding carboxylic acids is 2. The highest BCUT2D eigenvalue weighted by molar-refractivity contribution is 5.94. The van der Waals surface area contributed by atoms with E-state index in [4.69, 9.17) is 0 Å². The molecule has 0 saturated carbocycles. The van der Waals surface area contributed by atoms with E-state index in [9.17, 15) is 9.59 Å². The minimum atomic E-state index is -0.0279.